The summed E-state index contributed by atoms with van der Waals surface area (Å²) in [4.78, 5) is 44.6. The molecule has 1 saturated heterocycles. The number of anilines is 2. The Labute approximate surface area is 197 Å². The molecule has 0 aromatic heterocycles. The van der Waals surface area contributed by atoms with Crippen molar-refractivity contribution >= 4 is 40.7 Å². The third kappa shape index (κ3) is 3.21. The van der Waals surface area contributed by atoms with Gasteiger partial charge in [0.1, 0.15) is 6.04 Å². The molecule has 1 fully saturated rings. The van der Waals surface area contributed by atoms with Crippen LogP contribution in [0.1, 0.15) is 37.9 Å². The summed E-state index contributed by atoms with van der Waals surface area (Å²) in [5.74, 6) is -1.19. The summed E-state index contributed by atoms with van der Waals surface area (Å²) in [5.41, 5.74) is 4.04. The Morgan fingerprint density at radius 3 is 1.97 bits per heavy atom. The van der Waals surface area contributed by atoms with E-state index in [-0.39, 0.29) is 5.91 Å². The first-order chi connectivity index (χ1) is 15.8. The van der Waals surface area contributed by atoms with E-state index in [2.05, 4.69) is 0 Å². The molecule has 0 unspecified atom stereocenters. The zero-order valence-electron chi connectivity index (χ0n) is 18.4. The lowest BCUT2D eigenvalue weighted by molar-refractivity contribution is -0.130. The molecule has 3 amide bonds. The number of amides is 3. The van der Waals surface area contributed by atoms with Crippen LogP contribution >= 0.6 is 11.6 Å². The van der Waals surface area contributed by atoms with Crippen molar-refractivity contribution in [1.82, 2.24) is 4.90 Å². The number of carbonyl (C=O) groups excluding carboxylic acids is 3. The highest BCUT2D eigenvalue weighted by atomic mass is 35.5. The molecule has 2 heterocycles. The summed E-state index contributed by atoms with van der Waals surface area (Å²) < 4.78 is 0. The van der Waals surface area contributed by atoms with E-state index >= 15 is 0 Å². The smallest absolute Gasteiger partial charge is 0.262 e. The highest BCUT2D eigenvalue weighted by Crippen LogP contribution is 2.45. The molecule has 0 N–H and O–H groups in total. The number of carbonyl (C=O) groups is 3. The standard InChI is InChI=1S/C26H22ClN3O3/c1-15-8-11-17(27)14-21(15)29-22(16-9-12-18(13-10-16)28(2)3)23(26(29)33)30-24(31)19-6-4-5-7-20(19)25(30)32/h4-14,22-23H,1-3H3/t22-,23+/m0/s1. The maximum absolute atomic E-state index is 13.5. The number of nitrogens with zero attached hydrogens (tertiary/aromatic N) is 3. The van der Waals surface area contributed by atoms with Gasteiger partial charge < -0.3 is 9.80 Å². The van der Waals surface area contributed by atoms with E-state index in [9.17, 15) is 14.4 Å². The number of benzene rings is 3. The van der Waals surface area contributed by atoms with Crippen molar-refractivity contribution in [3.05, 3.63) is 94.0 Å². The van der Waals surface area contributed by atoms with E-state index in [4.69, 9.17) is 11.6 Å². The van der Waals surface area contributed by atoms with Crippen LogP contribution in [0.3, 0.4) is 0 Å². The zero-order valence-corrected chi connectivity index (χ0v) is 19.2. The second-order valence-electron chi connectivity index (χ2n) is 8.54. The molecule has 0 bridgehead atoms. The highest BCUT2D eigenvalue weighted by molar-refractivity contribution is 6.31. The molecule has 3 aromatic carbocycles. The van der Waals surface area contributed by atoms with Gasteiger partial charge in [0.15, 0.2) is 0 Å². The van der Waals surface area contributed by atoms with Gasteiger partial charge in [0.25, 0.3) is 17.7 Å². The van der Waals surface area contributed by atoms with E-state index in [0.29, 0.717) is 21.8 Å². The molecule has 5 rings (SSSR count). The van der Waals surface area contributed by atoms with Gasteiger partial charge in [0, 0.05) is 30.5 Å². The summed E-state index contributed by atoms with van der Waals surface area (Å²) in [7, 11) is 3.90. The van der Waals surface area contributed by atoms with Crippen molar-refractivity contribution in [3.8, 4) is 0 Å². The number of fused-ring (bicyclic) bond motifs is 1. The average Bonchev–Trinajstić information content (AvgIpc) is 3.05. The van der Waals surface area contributed by atoms with Crippen LogP contribution in [0.15, 0.2) is 66.7 Å². The van der Waals surface area contributed by atoms with Crippen molar-refractivity contribution in [2.24, 2.45) is 0 Å². The second-order valence-corrected chi connectivity index (χ2v) is 8.98. The van der Waals surface area contributed by atoms with Gasteiger partial charge in [0.2, 0.25) is 0 Å². The number of aryl methyl sites for hydroxylation is 1. The molecular weight excluding hydrogens is 438 g/mol. The topological polar surface area (TPSA) is 60.9 Å². The first-order valence-corrected chi connectivity index (χ1v) is 11.0. The Kier molecular flexibility index (Phi) is 4.98. The fraction of sp³-hybridized carbons (Fsp3) is 0.192. The van der Waals surface area contributed by atoms with E-state index in [1.54, 1.807) is 41.3 Å². The number of halogens is 1. The SMILES string of the molecule is Cc1ccc(Cl)cc1N1C(=O)[C@H](N2C(=O)c3ccccc3C2=O)[C@@H]1c1ccc(N(C)C)cc1. The van der Waals surface area contributed by atoms with Gasteiger partial charge in [-0.05, 0) is 54.4 Å². The van der Waals surface area contributed by atoms with Crippen molar-refractivity contribution < 1.29 is 14.4 Å². The van der Waals surface area contributed by atoms with E-state index < -0.39 is 23.9 Å². The Morgan fingerprint density at radius 2 is 1.39 bits per heavy atom. The fourth-order valence-electron chi connectivity index (χ4n) is 4.60. The molecule has 33 heavy (non-hydrogen) atoms. The Balaban J connectivity index is 1.60. The number of hydrogen-bond acceptors (Lipinski definition) is 4. The van der Waals surface area contributed by atoms with Crippen LogP contribution in [0.5, 0.6) is 0 Å². The molecule has 0 spiro atoms. The van der Waals surface area contributed by atoms with Crippen molar-refractivity contribution in [2.45, 2.75) is 19.0 Å². The first-order valence-electron chi connectivity index (χ1n) is 10.6. The number of rotatable bonds is 4. The quantitative estimate of drug-likeness (QED) is 0.426. The predicted molar refractivity (Wildman–Crippen MR) is 128 cm³/mol. The van der Waals surface area contributed by atoms with Crippen LogP contribution in [-0.4, -0.2) is 42.8 Å². The summed E-state index contributed by atoms with van der Waals surface area (Å²) >= 11 is 6.25. The molecule has 166 valence electrons. The van der Waals surface area contributed by atoms with Gasteiger partial charge in [-0.3, -0.25) is 19.3 Å². The van der Waals surface area contributed by atoms with Gasteiger partial charge in [0.05, 0.1) is 17.2 Å². The second kappa shape index (κ2) is 7.74. The molecule has 2 aliphatic rings. The van der Waals surface area contributed by atoms with Gasteiger partial charge in [-0.1, -0.05) is 41.9 Å². The molecule has 0 aliphatic carbocycles. The maximum atomic E-state index is 13.5. The lowest BCUT2D eigenvalue weighted by Crippen LogP contribution is -2.67. The van der Waals surface area contributed by atoms with Crippen LogP contribution in [0.4, 0.5) is 11.4 Å². The molecule has 6 nitrogen and oxygen atoms in total. The normalized spacial score (nSPS) is 19.6. The lowest BCUT2D eigenvalue weighted by Gasteiger charge is -2.50. The minimum Gasteiger partial charge on any atom is -0.378 e. The number of hydrogen-bond donors (Lipinski definition) is 0. The summed E-state index contributed by atoms with van der Waals surface area (Å²) in [5, 5.41) is 0.509. The van der Waals surface area contributed by atoms with E-state index in [1.807, 2.05) is 56.3 Å². The van der Waals surface area contributed by atoms with Crippen molar-refractivity contribution in [2.75, 3.05) is 23.9 Å². The predicted octanol–water partition coefficient (Wildman–Crippen LogP) is 4.47. The molecule has 0 radical (unpaired) electrons. The minimum absolute atomic E-state index is 0.309. The molecular formula is C26H22ClN3O3. The zero-order chi connectivity index (χ0) is 23.4. The molecule has 7 heteroatoms. The summed E-state index contributed by atoms with van der Waals surface area (Å²) in [6.07, 6.45) is 0. The van der Waals surface area contributed by atoms with Gasteiger partial charge >= 0.3 is 0 Å². The monoisotopic (exact) mass is 459 g/mol. The third-order valence-corrected chi connectivity index (χ3v) is 6.59. The van der Waals surface area contributed by atoms with Gasteiger partial charge in [-0.2, -0.15) is 0 Å². The van der Waals surface area contributed by atoms with E-state index in [1.165, 1.54) is 0 Å². The largest absolute Gasteiger partial charge is 0.378 e. The molecule has 2 atom stereocenters. The van der Waals surface area contributed by atoms with Crippen LogP contribution in [-0.2, 0) is 4.79 Å². The van der Waals surface area contributed by atoms with Crippen molar-refractivity contribution in [3.63, 3.8) is 0 Å². The average molecular weight is 460 g/mol. The first kappa shape index (κ1) is 21.2. The Hall–Kier alpha value is -3.64. The minimum atomic E-state index is -0.930. The molecule has 2 aliphatic heterocycles. The van der Waals surface area contributed by atoms with Gasteiger partial charge in [-0.25, -0.2) is 0 Å². The third-order valence-electron chi connectivity index (χ3n) is 6.35. The highest BCUT2D eigenvalue weighted by Gasteiger charge is 2.57. The molecule has 3 aromatic rings. The van der Waals surface area contributed by atoms with Gasteiger partial charge in [-0.15, -0.1) is 0 Å². The van der Waals surface area contributed by atoms with Crippen LogP contribution in [0.25, 0.3) is 0 Å². The number of β-lactam (4-membered cyclic amide) rings is 1. The Bertz CT molecular complexity index is 1270. The summed E-state index contributed by atoms with van der Waals surface area (Å²) in [6, 6.07) is 18.4. The number of imide groups is 1. The lowest BCUT2D eigenvalue weighted by atomic mass is 9.85. The molecule has 0 saturated carbocycles. The van der Waals surface area contributed by atoms with Crippen molar-refractivity contribution in [1.29, 1.82) is 0 Å². The van der Waals surface area contributed by atoms with Crippen LogP contribution < -0.4 is 9.80 Å². The van der Waals surface area contributed by atoms with E-state index in [0.717, 1.165) is 21.7 Å². The van der Waals surface area contributed by atoms with Crippen LogP contribution in [0, 0.1) is 6.92 Å². The summed E-state index contributed by atoms with van der Waals surface area (Å²) in [6.45, 7) is 1.90. The fourth-order valence-corrected chi connectivity index (χ4v) is 4.76. The Morgan fingerprint density at radius 1 is 0.788 bits per heavy atom. The van der Waals surface area contributed by atoms with Crippen LogP contribution in [0.2, 0.25) is 5.02 Å². The maximum Gasteiger partial charge on any atom is 0.262 e.